The van der Waals surface area contributed by atoms with Crippen LogP contribution in [0.4, 0.5) is 4.48 Å². The molecule has 0 aliphatic heterocycles. The fraction of sp³-hybridized carbons (Fsp3) is 0.0833. The zero-order chi connectivity index (χ0) is 10.4. The number of pyridine rings is 1. The van der Waals surface area contributed by atoms with Crippen molar-refractivity contribution in [1.29, 1.82) is 0 Å². The fourth-order valence-corrected chi connectivity index (χ4v) is 1.97. The van der Waals surface area contributed by atoms with Gasteiger partial charge >= 0.3 is 0 Å². The lowest BCUT2D eigenvalue weighted by Crippen LogP contribution is -1.88. The summed E-state index contributed by atoms with van der Waals surface area (Å²) in [6.45, 7) is 1.90. The van der Waals surface area contributed by atoms with Gasteiger partial charge in [0.05, 0.1) is 11.0 Å². The number of halogens is 1. The molecule has 0 spiro atoms. The molecule has 3 heteroatoms. The number of rotatable bonds is 0. The molecule has 0 unspecified atom stereocenters. The fourth-order valence-electron chi connectivity index (χ4n) is 1.97. The molecule has 0 saturated heterocycles. The van der Waals surface area contributed by atoms with Crippen molar-refractivity contribution in [1.82, 2.24) is 9.77 Å². The van der Waals surface area contributed by atoms with E-state index in [9.17, 15) is 4.48 Å². The van der Waals surface area contributed by atoms with Gasteiger partial charge in [-0.15, -0.1) is 0 Å². The van der Waals surface area contributed by atoms with Crippen molar-refractivity contribution in [2.45, 2.75) is 6.92 Å². The number of hydrogen-bond donors (Lipinski definition) is 0. The van der Waals surface area contributed by atoms with Crippen LogP contribution in [-0.4, -0.2) is 9.77 Å². The molecular formula is C12H9FN2. The van der Waals surface area contributed by atoms with Crippen LogP contribution in [-0.2, 0) is 0 Å². The number of benzene rings is 1. The van der Waals surface area contributed by atoms with Crippen LogP contribution in [0, 0.1) is 6.92 Å². The van der Waals surface area contributed by atoms with Crippen LogP contribution < -0.4 is 0 Å². The maximum Gasteiger partial charge on any atom is 0.0924 e. The van der Waals surface area contributed by atoms with Crippen LogP contribution in [0.25, 0.3) is 21.8 Å². The molecule has 2 aromatic heterocycles. The Morgan fingerprint density at radius 3 is 2.80 bits per heavy atom. The molecule has 74 valence electrons. The zero-order valence-electron chi connectivity index (χ0n) is 8.24. The van der Waals surface area contributed by atoms with E-state index < -0.39 is 0 Å². The summed E-state index contributed by atoms with van der Waals surface area (Å²) in [4.78, 5) is 5.10. The summed E-state index contributed by atoms with van der Waals surface area (Å²) in [5, 5.41) is 1.72. The van der Waals surface area contributed by atoms with Crippen LogP contribution in [0.5, 0.6) is 0 Å². The first kappa shape index (κ1) is 8.41. The third-order valence-corrected chi connectivity index (χ3v) is 2.68. The summed E-state index contributed by atoms with van der Waals surface area (Å²) in [7, 11) is 0. The second-order valence-electron chi connectivity index (χ2n) is 3.60. The highest BCUT2D eigenvalue weighted by molar-refractivity contribution is 6.04. The number of fused-ring (bicyclic) bond motifs is 3. The van der Waals surface area contributed by atoms with Crippen molar-refractivity contribution in [2.24, 2.45) is 0 Å². The maximum atomic E-state index is 13.5. The first-order chi connectivity index (χ1) is 7.27. The molecule has 0 saturated carbocycles. The van der Waals surface area contributed by atoms with Gasteiger partial charge in [0.2, 0.25) is 0 Å². The minimum Gasteiger partial charge on any atom is -0.252 e. The van der Waals surface area contributed by atoms with Gasteiger partial charge in [-0.3, -0.25) is 4.98 Å². The van der Waals surface area contributed by atoms with E-state index in [4.69, 9.17) is 0 Å². The zero-order valence-corrected chi connectivity index (χ0v) is 8.24. The van der Waals surface area contributed by atoms with Gasteiger partial charge in [0.25, 0.3) is 0 Å². The molecule has 0 amide bonds. The largest absolute Gasteiger partial charge is 0.252 e. The molecule has 0 aliphatic rings. The Kier molecular flexibility index (Phi) is 1.57. The van der Waals surface area contributed by atoms with Gasteiger partial charge in [-0.1, -0.05) is 22.7 Å². The van der Waals surface area contributed by atoms with Crippen LogP contribution in [0.1, 0.15) is 5.69 Å². The minimum atomic E-state index is 0.609. The van der Waals surface area contributed by atoms with Crippen molar-refractivity contribution < 1.29 is 4.48 Å². The molecule has 0 radical (unpaired) electrons. The first-order valence-electron chi connectivity index (χ1n) is 4.80. The quantitative estimate of drug-likeness (QED) is 0.544. The third-order valence-electron chi connectivity index (χ3n) is 2.68. The van der Waals surface area contributed by atoms with Gasteiger partial charge in [-0.25, -0.2) is 0 Å². The molecule has 3 rings (SSSR count). The average molecular weight is 200 g/mol. The molecule has 2 nitrogen and oxygen atoms in total. The van der Waals surface area contributed by atoms with Crippen LogP contribution in [0.3, 0.4) is 0 Å². The average Bonchev–Trinajstić information content (AvgIpc) is 2.62. The maximum absolute atomic E-state index is 13.5. The van der Waals surface area contributed by atoms with Gasteiger partial charge < -0.3 is 0 Å². The second-order valence-corrected chi connectivity index (χ2v) is 3.60. The van der Waals surface area contributed by atoms with Crippen molar-refractivity contribution in [3.63, 3.8) is 0 Å². The smallest absolute Gasteiger partial charge is 0.0924 e. The summed E-state index contributed by atoms with van der Waals surface area (Å²) in [6, 6.07) is 9.34. The van der Waals surface area contributed by atoms with E-state index in [-0.39, 0.29) is 0 Å². The third kappa shape index (κ3) is 1.06. The van der Waals surface area contributed by atoms with Crippen molar-refractivity contribution in [3.8, 4) is 0 Å². The Labute approximate surface area is 85.9 Å². The molecule has 0 N–H and O–H groups in total. The number of para-hydroxylation sites is 1. The van der Waals surface area contributed by atoms with Gasteiger partial charge in [0.15, 0.2) is 0 Å². The van der Waals surface area contributed by atoms with E-state index in [0.29, 0.717) is 10.3 Å². The molecule has 0 aliphatic carbocycles. The molecule has 0 bridgehead atoms. The first-order valence-corrected chi connectivity index (χ1v) is 4.80. The lowest BCUT2D eigenvalue weighted by Gasteiger charge is -2.02. The Balaban J connectivity index is 2.67. The van der Waals surface area contributed by atoms with E-state index >= 15 is 0 Å². The lowest BCUT2D eigenvalue weighted by molar-refractivity contribution is 0.389. The number of hydrogen-bond acceptors (Lipinski definition) is 1. The number of aromatic nitrogens is 2. The van der Waals surface area contributed by atoms with Crippen molar-refractivity contribution in [3.05, 3.63) is 42.2 Å². The Morgan fingerprint density at radius 1 is 1.13 bits per heavy atom. The van der Waals surface area contributed by atoms with Gasteiger partial charge in [0.1, 0.15) is 0 Å². The summed E-state index contributed by atoms with van der Waals surface area (Å²) < 4.78 is 13.5. The summed E-state index contributed by atoms with van der Waals surface area (Å²) >= 11 is 0. The summed E-state index contributed by atoms with van der Waals surface area (Å²) in [6.07, 6.45) is 1.42. The number of aryl methyl sites for hydroxylation is 1. The van der Waals surface area contributed by atoms with E-state index in [1.165, 1.54) is 6.20 Å². The summed E-state index contributed by atoms with van der Waals surface area (Å²) in [5.41, 5.74) is 2.30. The van der Waals surface area contributed by atoms with Crippen molar-refractivity contribution >= 4 is 21.8 Å². The molecule has 2 heterocycles. The van der Waals surface area contributed by atoms with Gasteiger partial charge in [-0.2, -0.15) is 4.79 Å². The highest BCUT2D eigenvalue weighted by Gasteiger charge is 2.08. The van der Waals surface area contributed by atoms with Gasteiger partial charge in [0, 0.05) is 22.7 Å². The Hall–Kier alpha value is -1.90. The molecule has 15 heavy (non-hydrogen) atoms. The monoisotopic (exact) mass is 200 g/mol. The molecular weight excluding hydrogens is 191 g/mol. The topological polar surface area (TPSA) is 17.8 Å². The predicted octanol–water partition coefficient (Wildman–Crippen LogP) is 3.23. The van der Waals surface area contributed by atoms with E-state index in [0.717, 1.165) is 22.0 Å². The van der Waals surface area contributed by atoms with Gasteiger partial charge in [-0.05, 0) is 19.1 Å². The minimum absolute atomic E-state index is 0.609. The summed E-state index contributed by atoms with van der Waals surface area (Å²) in [5.74, 6) is 0. The van der Waals surface area contributed by atoms with E-state index in [2.05, 4.69) is 4.98 Å². The molecule has 1 aromatic carbocycles. The highest BCUT2D eigenvalue weighted by Crippen LogP contribution is 2.26. The Morgan fingerprint density at radius 2 is 1.93 bits per heavy atom. The van der Waals surface area contributed by atoms with Crippen LogP contribution >= 0.6 is 0 Å². The Bertz CT molecular complexity index is 655. The molecule has 0 atom stereocenters. The van der Waals surface area contributed by atoms with Crippen LogP contribution in [0.2, 0.25) is 0 Å². The van der Waals surface area contributed by atoms with Crippen LogP contribution in [0.15, 0.2) is 36.5 Å². The lowest BCUT2D eigenvalue weighted by atomic mass is 10.1. The predicted molar refractivity (Wildman–Crippen MR) is 58.5 cm³/mol. The molecule has 3 aromatic rings. The van der Waals surface area contributed by atoms with Crippen molar-refractivity contribution in [2.75, 3.05) is 0 Å². The standard InChI is InChI=1S/C12H9FN2/c1-8-9-6-7-15(13)12(9)10-4-2-3-5-11(10)14-8/h2-7H,1H3. The second kappa shape index (κ2) is 2.79. The SMILES string of the molecule is Cc1nc2ccccc2c2c1ccn2F. The van der Waals surface area contributed by atoms with E-state index in [1.807, 2.05) is 31.2 Å². The normalized spacial score (nSPS) is 11.3. The number of nitrogens with zero attached hydrogens (tertiary/aromatic N) is 2. The van der Waals surface area contributed by atoms with E-state index in [1.54, 1.807) is 6.07 Å². The highest BCUT2D eigenvalue weighted by atomic mass is 19.2. The molecule has 0 fully saturated rings.